The lowest BCUT2D eigenvalue weighted by Crippen LogP contribution is -2.19. The Morgan fingerprint density at radius 2 is 1.83 bits per heavy atom. The quantitative estimate of drug-likeness (QED) is 0.334. The van der Waals surface area contributed by atoms with Gasteiger partial charge >= 0.3 is 0 Å². The van der Waals surface area contributed by atoms with E-state index >= 15 is 0 Å². The van der Waals surface area contributed by atoms with Crippen molar-refractivity contribution < 1.29 is 4.79 Å². The summed E-state index contributed by atoms with van der Waals surface area (Å²) in [5, 5.41) is 10.5. The lowest BCUT2D eigenvalue weighted by molar-refractivity contribution is 0.102. The van der Waals surface area contributed by atoms with E-state index < -0.39 is 0 Å². The maximum Gasteiger partial charge on any atom is 0.255 e. The molecule has 8 nitrogen and oxygen atoms in total. The van der Waals surface area contributed by atoms with Crippen LogP contribution in [0.15, 0.2) is 61.1 Å². The molecule has 0 bridgehead atoms. The van der Waals surface area contributed by atoms with E-state index in [4.69, 9.17) is 0 Å². The van der Waals surface area contributed by atoms with E-state index in [0.29, 0.717) is 11.5 Å². The van der Waals surface area contributed by atoms with Gasteiger partial charge in [-0.05, 0) is 80.9 Å². The minimum absolute atomic E-state index is 0.144. The fourth-order valence-electron chi connectivity index (χ4n) is 4.04. The van der Waals surface area contributed by atoms with Gasteiger partial charge in [-0.1, -0.05) is 19.1 Å². The predicted octanol–water partition coefficient (Wildman–Crippen LogP) is 5.33. The van der Waals surface area contributed by atoms with Gasteiger partial charge in [0, 0.05) is 48.5 Å². The van der Waals surface area contributed by atoms with Gasteiger partial charge in [-0.2, -0.15) is 5.10 Å². The van der Waals surface area contributed by atoms with Crippen molar-refractivity contribution in [2.24, 2.45) is 7.05 Å². The Labute approximate surface area is 212 Å². The molecule has 0 saturated carbocycles. The summed E-state index contributed by atoms with van der Waals surface area (Å²) < 4.78 is 1.75. The number of amides is 1. The number of carbonyl (C=O) groups excluding carboxylic acids is 1. The molecule has 0 aliphatic rings. The highest BCUT2D eigenvalue weighted by Crippen LogP contribution is 2.23. The fraction of sp³-hybridized carbons (Fsp3) is 0.286. The van der Waals surface area contributed by atoms with Crippen molar-refractivity contribution in [3.8, 4) is 11.3 Å². The Morgan fingerprint density at radius 1 is 1.06 bits per heavy atom. The molecule has 0 aliphatic heterocycles. The monoisotopic (exact) mass is 483 g/mol. The lowest BCUT2D eigenvalue weighted by Gasteiger charge is -2.17. The average Bonchev–Trinajstić information content (AvgIpc) is 3.29. The number of nitrogens with zero attached hydrogens (tertiary/aromatic N) is 5. The zero-order valence-electron chi connectivity index (χ0n) is 21.5. The largest absolute Gasteiger partial charge is 0.324 e. The summed E-state index contributed by atoms with van der Waals surface area (Å²) in [6.45, 7) is 8.03. The molecule has 36 heavy (non-hydrogen) atoms. The average molecular weight is 484 g/mol. The smallest absolute Gasteiger partial charge is 0.255 e. The molecule has 2 heterocycles. The fourth-order valence-corrected chi connectivity index (χ4v) is 4.04. The summed E-state index contributed by atoms with van der Waals surface area (Å²) in [6, 6.07) is 13.5. The van der Waals surface area contributed by atoms with Crippen molar-refractivity contribution in [3.05, 3.63) is 83.3 Å². The van der Waals surface area contributed by atoms with E-state index in [0.717, 1.165) is 53.3 Å². The van der Waals surface area contributed by atoms with E-state index in [1.54, 1.807) is 29.2 Å². The van der Waals surface area contributed by atoms with Crippen LogP contribution in [0.1, 0.15) is 40.4 Å². The SMILES string of the molecule is CCCN(C)Cc1ccc(C)c(NC(=O)c2ccc(Nc3ncc(C)c(-c4cnn(C)c4)n3)cc2)c1. The number of nitrogens with one attached hydrogen (secondary N) is 2. The van der Waals surface area contributed by atoms with Gasteiger partial charge < -0.3 is 15.5 Å². The molecule has 8 heteroatoms. The van der Waals surface area contributed by atoms with Crippen molar-refractivity contribution in [2.45, 2.75) is 33.7 Å². The number of aromatic nitrogens is 4. The summed E-state index contributed by atoms with van der Waals surface area (Å²) in [5.41, 5.74) is 7.15. The van der Waals surface area contributed by atoms with Gasteiger partial charge in [0.05, 0.1) is 11.9 Å². The summed E-state index contributed by atoms with van der Waals surface area (Å²) in [7, 11) is 3.99. The Hall–Kier alpha value is -4.04. The standard InChI is InChI=1S/C28H33N7O/c1-6-13-34(4)17-21-8-7-19(2)25(14-21)32-27(36)22-9-11-24(12-10-22)31-28-29-15-20(3)26(33-28)23-16-30-35(5)18-23/h7-12,14-16,18H,6,13,17H2,1-5H3,(H,32,36)(H,29,31,33). The van der Waals surface area contributed by atoms with Crippen LogP contribution in [0.4, 0.5) is 17.3 Å². The van der Waals surface area contributed by atoms with Crippen molar-refractivity contribution in [3.63, 3.8) is 0 Å². The number of aryl methyl sites for hydroxylation is 3. The highest BCUT2D eigenvalue weighted by Gasteiger charge is 2.11. The second-order valence-corrected chi connectivity index (χ2v) is 9.17. The van der Waals surface area contributed by atoms with E-state index in [2.05, 4.69) is 62.8 Å². The number of rotatable bonds is 9. The van der Waals surface area contributed by atoms with Crippen LogP contribution in [-0.2, 0) is 13.6 Å². The first-order valence-corrected chi connectivity index (χ1v) is 12.1. The van der Waals surface area contributed by atoms with Crippen LogP contribution in [-0.4, -0.2) is 44.1 Å². The highest BCUT2D eigenvalue weighted by molar-refractivity contribution is 6.04. The van der Waals surface area contributed by atoms with Crippen LogP contribution in [0.5, 0.6) is 0 Å². The number of benzene rings is 2. The molecule has 2 N–H and O–H groups in total. The van der Waals surface area contributed by atoms with Crippen molar-refractivity contribution in [1.29, 1.82) is 0 Å². The van der Waals surface area contributed by atoms with Crippen LogP contribution >= 0.6 is 0 Å². The third-order valence-electron chi connectivity index (χ3n) is 5.96. The molecule has 0 radical (unpaired) electrons. The molecule has 4 aromatic rings. The van der Waals surface area contributed by atoms with E-state index in [-0.39, 0.29) is 5.91 Å². The zero-order chi connectivity index (χ0) is 25.7. The van der Waals surface area contributed by atoms with E-state index in [9.17, 15) is 4.79 Å². The maximum absolute atomic E-state index is 12.9. The van der Waals surface area contributed by atoms with Gasteiger partial charge in [-0.25, -0.2) is 9.97 Å². The van der Waals surface area contributed by atoms with Gasteiger partial charge in [-0.3, -0.25) is 9.48 Å². The highest BCUT2D eigenvalue weighted by atomic mass is 16.1. The minimum atomic E-state index is -0.144. The zero-order valence-corrected chi connectivity index (χ0v) is 21.5. The molecule has 0 fully saturated rings. The van der Waals surface area contributed by atoms with Crippen LogP contribution in [0.2, 0.25) is 0 Å². The van der Waals surface area contributed by atoms with Crippen LogP contribution < -0.4 is 10.6 Å². The second-order valence-electron chi connectivity index (χ2n) is 9.17. The number of carbonyl (C=O) groups is 1. The van der Waals surface area contributed by atoms with Gasteiger partial charge in [-0.15, -0.1) is 0 Å². The molecule has 0 atom stereocenters. The Morgan fingerprint density at radius 3 is 2.53 bits per heavy atom. The Balaban J connectivity index is 1.44. The van der Waals surface area contributed by atoms with E-state index in [1.165, 1.54) is 5.56 Å². The first-order valence-electron chi connectivity index (χ1n) is 12.1. The van der Waals surface area contributed by atoms with Gasteiger partial charge in [0.25, 0.3) is 5.91 Å². The van der Waals surface area contributed by atoms with Crippen molar-refractivity contribution in [2.75, 3.05) is 24.2 Å². The molecular weight excluding hydrogens is 450 g/mol. The van der Waals surface area contributed by atoms with Crippen molar-refractivity contribution in [1.82, 2.24) is 24.6 Å². The summed E-state index contributed by atoms with van der Waals surface area (Å²) in [6.07, 6.45) is 6.61. The summed E-state index contributed by atoms with van der Waals surface area (Å²) >= 11 is 0. The molecule has 0 unspecified atom stereocenters. The maximum atomic E-state index is 12.9. The lowest BCUT2D eigenvalue weighted by atomic mass is 10.1. The predicted molar refractivity (Wildman–Crippen MR) is 144 cm³/mol. The first-order chi connectivity index (χ1) is 17.3. The van der Waals surface area contributed by atoms with Gasteiger partial charge in [0.15, 0.2) is 0 Å². The molecule has 1 amide bonds. The van der Waals surface area contributed by atoms with Crippen LogP contribution in [0, 0.1) is 13.8 Å². The molecule has 0 spiro atoms. The summed E-state index contributed by atoms with van der Waals surface area (Å²) in [4.78, 5) is 24.3. The molecule has 0 saturated heterocycles. The topological polar surface area (TPSA) is 88.0 Å². The molecule has 2 aromatic heterocycles. The third kappa shape index (κ3) is 6.14. The van der Waals surface area contributed by atoms with Crippen LogP contribution in [0.3, 0.4) is 0 Å². The number of anilines is 3. The Bertz CT molecular complexity index is 1340. The molecule has 2 aromatic carbocycles. The molecule has 0 aliphatic carbocycles. The third-order valence-corrected chi connectivity index (χ3v) is 5.96. The number of hydrogen-bond acceptors (Lipinski definition) is 6. The van der Waals surface area contributed by atoms with Crippen LogP contribution in [0.25, 0.3) is 11.3 Å². The normalized spacial score (nSPS) is 11.1. The molecule has 4 rings (SSSR count). The Kier molecular flexibility index (Phi) is 7.75. The van der Waals surface area contributed by atoms with E-state index in [1.807, 2.05) is 39.2 Å². The summed E-state index contributed by atoms with van der Waals surface area (Å²) in [5.74, 6) is 0.339. The minimum Gasteiger partial charge on any atom is -0.324 e. The van der Waals surface area contributed by atoms with Gasteiger partial charge in [0.2, 0.25) is 5.95 Å². The molecule has 186 valence electrons. The number of hydrogen-bond donors (Lipinski definition) is 2. The van der Waals surface area contributed by atoms with Crippen molar-refractivity contribution >= 4 is 23.2 Å². The second kappa shape index (κ2) is 11.1. The first kappa shape index (κ1) is 25.1. The van der Waals surface area contributed by atoms with Gasteiger partial charge in [0.1, 0.15) is 0 Å². The molecular formula is C28H33N7O.